The van der Waals surface area contributed by atoms with E-state index in [1.807, 2.05) is 31.2 Å². The van der Waals surface area contributed by atoms with E-state index < -0.39 is 0 Å². The maximum Gasteiger partial charge on any atom is 0.143 e. The van der Waals surface area contributed by atoms with Crippen molar-refractivity contribution in [3.05, 3.63) is 71.2 Å². The van der Waals surface area contributed by atoms with Gasteiger partial charge in [0.05, 0.1) is 5.69 Å². The second-order valence-electron chi connectivity index (χ2n) is 7.11. The fourth-order valence-corrected chi connectivity index (χ4v) is 4.15. The molecule has 0 bridgehead atoms. The lowest BCUT2D eigenvalue weighted by atomic mass is 9.92. The monoisotopic (exact) mass is 357 g/mol. The molecule has 27 heavy (non-hydrogen) atoms. The highest BCUT2D eigenvalue weighted by Crippen LogP contribution is 2.47. The van der Waals surface area contributed by atoms with Crippen LogP contribution in [-0.4, -0.2) is 9.38 Å². The molecular formula is C23H20FN3. The number of para-hydroxylation sites is 1. The molecule has 0 aliphatic carbocycles. The molecule has 0 saturated carbocycles. The molecule has 3 nitrogen and oxygen atoms in total. The standard InChI is InChI=1S/C23H20FN3/c1-4-15-8-6-10-18-25-22-20-17(24)12-11-13(2)19(20)16-9-5-7-14(3)21(16)26-23(22)27(15)18/h5-12,26H,4H2,1-3H3. The van der Waals surface area contributed by atoms with Crippen LogP contribution in [0, 0.1) is 19.7 Å². The zero-order valence-corrected chi connectivity index (χ0v) is 15.6. The number of fused-ring (bicyclic) bond motifs is 7. The van der Waals surface area contributed by atoms with Crippen LogP contribution in [0.1, 0.15) is 23.7 Å². The molecule has 0 radical (unpaired) electrons. The number of aromatic nitrogens is 2. The number of anilines is 2. The number of rotatable bonds is 1. The minimum Gasteiger partial charge on any atom is -0.339 e. The normalized spacial score (nSPS) is 12.1. The first-order valence-corrected chi connectivity index (χ1v) is 9.27. The summed E-state index contributed by atoms with van der Waals surface area (Å²) < 4.78 is 17.3. The molecule has 4 heteroatoms. The van der Waals surface area contributed by atoms with Crippen molar-refractivity contribution in [3.8, 4) is 22.4 Å². The molecule has 1 N–H and O–H groups in total. The molecule has 0 spiro atoms. The number of benzene rings is 2. The molecule has 0 fully saturated rings. The Morgan fingerprint density at radius 2 is 1.78 bits per heavy atom. The van der Waals surface area contributed by atoms with Crippen LogP contribution < -0.4 is 5.32 Å². The van der Waals surface area contributed by atoms with E-state index in [4.69, 9.17) is 4.98 Å². The van der Waals surface area contributed by atoms with E-state index in [0.717, 1.165) is 51.5 Å². The number of hydrogen-bond acceptors (Lipinski definition) is 2. The third-order valence-corrected chi connectivity index (χ3v) is 5.47. The Morgan fingerprint density at radius 3 is 2.59 bits per heavy atom. The Labute approximate surface area is 157 Å². The highest BCUT2D eigenvalue weighted by molar-refractivity contribution is 5.99. The third kappa shape index (κ3) is 2.16. The maximum atomic E-state index is 15.1. The van der Waals surface area contributed by atoms with Crippen molar-refractivity contribution in [3.63, 3.8) is 0 Å². The predicted octanol–water partition coefficient (Wildman–Crippen LogP) is 6.04. The summed E-state index contributed by atoms with van der Waals surface area (Å²) in [4.78, 5) is 4.84. The van der Waals surface area contributed by atoms with Gasteiger partial charge in [0.25, 0.3) is 0 Å². The third-order valence-electron chi connectivity index (χ3n) is 5.47. The van der Waals surface area contributed by atoms with Crippen LogP contribution in [-0.2, 0) is 6.42 Å². The van der Waals surface area contributed by atoms with Gasteiger partial charge >= 0.3 is 0 Å². The lowest BCUT2D eigenvalue weighted by molar-refractivity contribution is 0.631. The largest absolute Gasteiger partial charge is 0.339 e. The number of nitrogens with zero attached hydrogens (tertiary/aromatic N) is 2. The zero-order valence-electron chi connectivity index (χ0n) is 15.6. The molecule has 1 aliphatic rings. The Balaban J connectivity index is 2.01. The average Bonchev–Trinajstić information content (AvgIpc) is 2.95. The molecule has 0 saturated heterocycles. The van der Waals surface area contributed by atoms with E-state index in [9.17, 15) is 0 Å². The SMILES string of the molecule is CCc1cccc2nc3c(n12)Nc1c(C)cccc1-c1c(C)ccc(F)c1-3. The Bertz CT molecular complexity index is 1220. The van der Waals surface area contributed by atoms with Crippen LogP contribution in [0.15, 0.2) is 48.5 Å². The van der Waals surface area contributed by atoms with E-state index in [0.29, 0.717) is 11.3 Å². The molecule has 0 amide bonds. The summed E-state index contributed by atoms with van der Waals surface area (Å²) >= 11 is 0. The van der Waals surface area contributed by atoms with E-state index >= 15 is 4.39 Å². The first-order chi connectivity index (χ1) is 13.1. The van der Waals surface area contributed by atoms with Crippen LogP contribution >= 0.6 is 0 Å². The molecule has 134 valence electrons. The highest BCUT2D eigenvalue weighted by atomic mass is 19.1. The van der Waals surface area contributed by atoms with Gasteiger partial charge in [0.1, 0.15) is 23.0 Å². The lowest BCUT2D eigenvalue weighted by Gasteiger charge is -2.15. The molecule has 3 heterocycles. The topological polar surface area (TPSA) is 29.3 Å². The molecule has 4 aromatic rings. The summed E-state index contributed by atoms with van der Waals surface area (Å²) in [7, 11) is 0. The number of nitrogens with one attached hydrogen (secondary N) is 1. The van der Waals surface area contributed by atoms with Gasteiger partial charge < -0.3 is 5.32 Å². The van der Waals surface area contributed by atoms with Gasteiger partial charge in [-0.25, -0.2) is 9.37 Å². The maximum absolute atomic E-state index is 15.1. The first kappa shape index (κ1) is 16.1. The van der Waals surface area contributed by atoms with Gasteiger partial charge in [-0.2, -0.15) is 0 Å². The Hall–Kier alpha value is -3.14. The minimum absolute atomic E-state index is 0.241. The van der Waals surface area contributed by atoms with Crippen LogP contribution in [0.5, 0.6) is 0 Å². The van der Waals surface area contributed by atoms with E-state index in [1.54, 1.807) is 6.07 Å². The average molecular weight is 357 g/mol. The second kappa shape index (κ2) is 5.68. The van der Waals surface area contributed by atoms with Gasteiger partial charge in [-0.1, -0.05) is 37.3 Å². The number of halogens is 1. The summed E-state index contributed by atoms with van der Waals surface area (Å²) in [6.07, 6.45) is 0.867. The lowest BCUT2D eigenvalue weighted by Crippen LogP contribution is -2.02. The fraction of sp³-hybridized carbons (Fsp3) is 0.174. The van der Waals surface area contributed by atoms with Crippen molar-refractivity contribution in [2.75, 3.05) is 5.32 Å². The zero-order chi connectivity index (χ0) is 18.7. The van der Waals surface area contributed by atoms with Gasteiger partial charge in [0.15, 0.2) is 0 Å². The van der Waals surface area contributed by atoms with E-state index in [1.165, 1.54) is 0 Å². The van der Waals surface area contributed by atoms with Crippen LogP contribution in [0.2, 0.25) is 0 Å². The molecular weight excluding hydrogens is 337 g/mol. The van der Waals surface area contributed by atoms with Crippen molar-refractivity contribution >= 4 is 17.2 Å². The van der Waals surface area contributed by atoms with Gasteiger partial charge in [0, 0.05) is 16.8 Å². The number of pyridine rings is 1. The fourth-order valence-electron chi connectivity index (χ4n) is 4.15. The Kier molecular flexibility index (Phi) is 3.38. The summed E-state index contributed by atoms with van der Waals surface area (Å²) in [6.45, 7) is 6.23. The Morgan fingerprint density at radius 1 is 0.963 bits per heavy atom. The number of imidazole rings is 1. The van der Waals surface area contributed by atoms with Crippen molar-refractivity contribution in [2.24, 2.45) is 0 Å². The van der Waals surface area contributed by atoms with Gasteiger partial charge in [0.2, 0.25) is 0 Å². The predicted molar refractivity (Wildman–Crippen MR) is 108 cm³/mol. The first-order valence-electron chi connectivity index (χ1n) is 9.27. The van der Waals surface area contributed by atoms with Crippen molar-refractivity contribution < 1.29 is 4.39 Å². The molecule has 0 unspecified atom stereocenters. The summed E-state index contributed by atoms with van der Waals surface area (Å²) in [5.41, 5.74) is 8.33. The van der Waals surface area contributed by atoms with Gasteiger partial charge in [-0.05, 0) is 55.2 Å². The van der Waals surface area contributed by atoms with E-state index in [2.05, 4.69) is 41.8 Å². The van der Waals surface area contributed by atoms with E-state index in [-0.39, 0.29) is 5.82 Å². The van der Waals surface area contributed by atoms with Crippen LogP contribution in [0.25, 0.3) is 28.0 Å². The molecule has 2 aromatic carbocycles. The van der Waals surface area contributed by atoms with Crippen LogP contribution in [0.3, 0.4) is 0 Å². The minimum atomic E-state index is -0.241. The quantitative estimate of drug-likeness (QED) is 0.396. The number of aryl methyl sites for hydroxylation is 3. The van der Waals surface area contributed by atoms with Gasteiger partial charge in [-0.15, -0.1) is 0 Å². The van der Waals surface area contributed by atoms with Gasteiger partial charge in [-0.3, -0.25) is 4.40 Å². The van der Waals surface area contributed by atoms with Crippen LogP contribution in [0.4, 0.5) is 15.9 Å². The summed E-state index contributed by atoms with van der Waals surface area (Å²) in [6, 6.07) is 15.6. The smallest absolute Gasteiger partial charge is 0.143 e. The molecule has 2 aromatic heterocycles. The highest BCUT2D eigenvalue weighted by Gasteiger charge is 2.28. The van der Waals surface area contributed by atoms with Crippen molar-refractivity contribution in [1.29, 1.82) is 0 Å². The molecule has 0 atom stereocenters. The van der Waals surface area contributed by atoms with Crippen molar-refractivity contribution in [2.45, 2.75) is 27.2 Å². The molecule has 5 rings (SSSR count). The van der Waals surface area contributed by atoms with Crippen molar-refractivity contribution in [1.82, 2.24) is 9.38 Å². The number of hydrogen-bond donors (Lipinski definition) is 1. The molecule has 1 aliphatic heterocycles. The summed E-state index contributed by atoms with van der Waals surface area (Å²) in [5.74, 6) is 0.593. The second-order valence-corrected chi connectivity index (χ2v) is 7.11. The summed E-state index contributed by atoms with van der Waals surface area (Å²) in [5, 5.41) is 3.60.